The summed E-state index contributed by atoms with van der Waals surface area (Å²) in [5.74, 6) is 1.11. The van der Waals surface area contributed by atoms with Crippen LogP contribution in [0.25, 0.3) is 0 Å². The summed E-state index contributed by atoms with van der Waals surface area (Å²) in [5, 5.41) is 3.02. The SMILES string of the molecule is CC1(C)C(=O)NC1CC1CCCC1. The van der Waals surface area contributed by atoms with E-state index < -0.39 is 0 Å². The van der Waals surface area contributed by atoms with Crippen LogP contribution in [0.5, 0.6) is 0 Å². The largest absolute Gasteiger partial charge is 0.352 e. The monoisotopic (exact) mass is 181 g/mol. The highest BCUT2D eigenvalue weighted by Gasteiger charge is 2.47. The first-order valence-electron chi connectivity index (χ1n) is 5.41. The van der Waals surface area contributed by atoms with E-state index in [1.165, 1.54) is 32.1 Å². The Balaban J connectivity index is 1.86. The van der Waals surface area contributed by atoms with Crippen LogP contribution in [0.1, 0.15) is 46.0 Å². The van der Waals surface area contributed by atoms with E-state index in [1.807, 2.05) is 0 Å². The van der Waals surface area contributed by atoms with Gasteiger partial charge in [-0.3, -0.25) is 4.79 Å². The molecule has 2 fully saturated rings. The maximum atomic E-state index is 11.2. The molecule has 1 heterocycles. The lowest BCUT2D eigenvalue weighted by Gasteiger charge is -2.45. The fourth-order valence-electron chi connectivity index (χ4n) is 2.54. The van der Waals surface area contributed by atoms with Crippen LogP contribution in [0.3, 0.4) is 0 Å². The molecule has 1 saturated heterocycles. The van der Waals surface area contributed by atoms with E-state index in [9.17, 15) is 4.79 Å². The number of amides is 1. The Hall–Kier alpha value is -0.530. The van der Waals surface area contributed by atoms with Gasteiger partial charge in [-0.1, -0.05) is 25.7 Å². The van der Waals surface area contributed by atoms with Gasteiger partial charge in [0.15, 0.2) is 0 Å². The highest BCUT2D eigenvalue weighted by atomic mass is 16.2. The predicted molar refractivity (Wildman–Crippen MR) is 52.3 cm³/mol. The van der Waals surface area contributed by atoms with E-state index in [0.29, 0.717) is 6.04 Å². The maximum absolute atomic E-state index is 11.2. The molecule has 2 nitrogen and oxygen atoms in total. The molecule has 0 spiro atoms. The van der Waals surface area contributed by atoms with Crippen LogP contribution < -0.4 is 5.32 Å². The normalized spacial score (nSPS) is 32.8. The van der Waals surface area contributed by atoms with Gasteiger partial charge in [0.25, 0.3) is 0 Å². The van der Waals surface area contributed by atoms with E-state index in [4.69, 9.17) is 0 Å². The second-order valence-electron chi connectivity index (χ2n) is 5.13. The van der Waals surface area contributed by atoms with E-state index in [1.54, 1.807) is 0 Å². The second kappa shape index (κ2) is 3.00. The number of carbonyl (C=O) groups is 1. The van der Waals surface area contributed by atoms with Gasteiger partial charge >= 0.3 is 0 Å². The average molecular weight is 181 g/mol. The van der Waals surface area contributed by atoms with Crippen LogP contribution in [0, 0.1) is 11.3 Å². The van der Waals surface area contributed by atoms with Gasteiger partial charge in [0.1, 0.15) is 0 Å². The molecule has 1 saturated carbocycles. The van der Waals surface area contributed by atoms with Crippen molar-refractivity contribution in [3.05, 3.63) is 0 Å². The molecule has 1 atom stereocenters. The molecule has 0 bridgehead atoms. The highest BCUT2D eigenvalue weighted by Crippen LogP contribution is 2.37. The number of carbonyl (C=O) groups excluding carboxylic acids is 1. The minimum atomic E-state index is -0.0947. The molecule has 1 amide bonds. The van der Waals surface area contributed by atoms with Crippen LogP contribution in [0.4, 0.5) is 0 Å². The third-order valence-corrected chi connectivity index (χ3v) is 3.81. The minimum absolute atomic E-state index is 0.0947. The summed E-state index contributed by atoms with van der Waals surface area (Å²) in [7, 11) is 0. The van der Waals surface area contributed by atoms with Gasteiger partial charge < -0.3 is 5.32 Å². The summed E-state index contributed by atoms with van der Waals surface area (Å²) in [6.07, 6.45) is 6.75. The van der Waals surface area contributed by atoms with Crippen LogP contribution >= 0.6 is 0 Å². The van der Waals surface area contributed by atoms with Gasteiger partial charge in [0.05, 0.1) is 5.41 Å². The average Bonchev–Trinajstić information content (AvgIpc) is 2.56. The second-order valence-corrected chi connectivity index (χ2v) is 5.13. The molecule has 1 aliphatic heterocycles. The van der Waals surface area contributed by atoms with Crippen LogP contribution in [0.15, 0.2) is 0 Å². The third kappa shape index (κ3) is 1.47. The Morgan fingerprint density at radius 2 is 2.00 bits per heavy atom. The zero-order valence-electron chi connectivity index (χ0n) is 8.60. The molecule has 1 unspecified atom stereocenters. The molecule has 2 heteroatoms. The van der Waals surface area contributed by atoms with E-state index >= 15 is 0 Å². The number of rotatable bonds is 2. The zero-order chi connectivity index (χ0) is 9.47. The van der Waals surface area contributed by atoms with Crippen LogP contribution in [-0.4, -0.2) is 11.9 Å². The Morgan fingerprint density at radius 3 is 2.46 bits per heavy atom. The molecular formula is C11H19NO. The third-order valence-electron chi connectivity index (χ3n) is 3.81. The Bertz CT molecular complexity index is 216. The topological polar surface area (TPSA) is 29.1 Å². The van der Waals surface area contributed by atoms with Gasteiger partial charge in [0.2, 0.25) is 5.91 Å². The van der Waals surface area contributed by atoms with Gasteiger partial charge in [-0.2, -0.15) is 0 Å². The number of nitrogens with one attached hydrogen (secondary N) is 1. The summed E-state index contributed by atoms with van der Waals surface area (Å²) >= 11 is 0. The minimum Gasteiger partial charge on any atom is -0.352 e. The molecule has 0 radical (unpaired) electrons. The fraction of sp³-hybridized carbons (Fsp3) is 0.909. The van der Waals surface area contributed by atoms with Crippen molar-refractivity contribution in [2.24, 2.45) is 11.3 Å². The predicted octanol–water partition coefficient (Wildman–Crippen LogP) is 2.09. The van der Waals surface area contributed by atoms with Crippen molar-refractivity contribution in [1.29, 1.82) is 0 Å². The van der Waals surface area contributed by atoms with Crippen molar-refractivity contribution in [2.75, 3.05) is 0 Å². The standard InChI is InChI=1S/C11H19NO/c1-11(2)9(12-10(11)13)7-8-5-3-4-6-8/h8-9H,3-7H2,1-2H3,(H,12,13). The van der Waals surface area contributed by atoms with Crippen molar-refractivity contribution in [3.63, 3.8) is 0 Å². The molecule has 2 rings (SSSR count). The number of β-lactam (4-membered cyclic amide) rings is 1. The van der Waals surface area contributed by atoms with Crippen molar-refractivity contribution < 1.29 is 4.79 Å². The number of hydrogen-bond acceptors (Lipinski definition) is 1. The van der Waals surface area contributed by atoms with Crippen molar-refractivity contribution >= 4 is 5.91 Å². The van der Waals surface area contributed by atoms with E-state index in [-0.39, 0.29) is 11.3 Å². The molecule has 1 aliphatic carbocycles. The summed E-state index contributed by atoms with van der Waals surface area (Å²) in [5.41, 5.74) is -0.0947. The van der Waals surface area contributed by atoms with E-state index in [2.05, 4.69) is 19.2 Å². The van der Waals surface area contributed by atoms with Crippen LogP contribution in [0.2, 0.25) is 0 Å². The molecule has 13 heavy (non-hydrogen) atoms. The first kappa shape index (κ1) is 9.04. The Morgan fingerprint density at radius 1 is 1.38 bits per heavy atom. The summed E-state index contributed by atoms with van der Waals surface area (Å²) < 4.78 is 0. The zero-order valence-corrected chi connectivity index (χ0v) is 8.60. The summed E-state index contributed by atoms with van der Waals surface area (Å²) in [4.78, 5) is 11.2. The Labute approximate surface area is 80.1 Å². The Kier molecular flexibility index (Phi) is 2.09. The summed E-state index contributed by atoms with van der Waals surface area (Å²) in [6.45, 7) is 4.12. The quantitative estimate of drug-likeness (QED) is 0.649. The summed E-state index contributed by atoms with van der Waals surface area (Å²) in [6, 6.07) is 0.447. The van der Waals surface area contributed by atoms with Crippen molar-refractivity contribution in [2.45, 2.75) is 52.0 Å². The van der Waals surface area contributed by atoms with Gasteiger partial charge in [-0.05, 0) is 26.2 Å². The van der Waals surface area contributed by atoms with E-state index in [0.717, 1.165) is 5.92 Å². The highest BCUT2D eigenvalue weighted by molar-refractivity contribution is 5.89. The molecule has 0 aromatic carbocycles. The molecule has 74 valence electrons. The van der Waals surface area contributed by atoms with Crippen LogP contribution in [-0.2, 0) is 4.79 Å². The van der Waals surface area contributed by atoms with Gasteiger partial charge in [-0.25, -0.2) is 0 Å². The molecular weight excluding hydrogens is 162 g/mol. The van der Waals surface area contributed by atoms with Crippen molar-refractivity contribution in [1.82, 2.24) is 5.32 Å². The van der Waals surface area contributed by atoms with Gasteiger partial charge in [-0.15, -0.1) is 0 Å². The first-order valence-corrected chi connectivity index (χ1v) is 5.41. The van der Waals surface area contributed by atoms with Crippen molar-refractivity contribution in [3.8, 4) is 0 Å². The lowest BCUT2D eigenvalue weighted by atomic mass is 9.72. The maximum Gasteiger partial charge on any atom is 0.227 e. The molecule has 2 aliphatic rings. The number of hydrogen-bond donors (Lipinski definition) is 1. The van der Waals surface area contributed by atoms with Gasteiger partial charge in [0, 0.05) is 6.04 Å². The molecule has 0 aromatic rings. The lowest BCUT2D eigenvalue weighted by molar-refractivity contribution is -0.143. The first-order chi connectivity index (χ1) is 6.10. The molecule has 0 aromatic heterocycles. The lowest BCUT2D eigenvalue weighted by Crippen LogP contribution is -2.64. The smallest absolute Gasteiger partial charge is 0.227 e. The molecule has 1 N–H and O–H groups in total. The fourth-order valence-corrected chi connectivity index (χ4v) is 2.54.